The van der Waals surface area contributed by atoms with Gasteiger partial charge in [-0.05, 0) is 44.7 Å². The van der Waals surface area contributed by atoms with Crippen LogP contribution in [0.4, 0.5) is 0 Å². The molecule has 0 bridgehead atoms. The molecule has 0 aromatic heterocycles. The molecule has 0 saturated carbocycles. The van der Waals surface area contributed by atoms with Gasteiger partial charge in [0.2, 0.25) is 15.9 Å². The molecule has 24 heavy (non-hydrogen) atoms. The number of piperazine rings is 1. The Morgan fingerprint density at radius 2 is 1.88 bits per heavy atom. The highest BCUT2D eigenvalue weighted by molar-refractivity contribution is 7.89. The molecule has 1 amide bonds. The molecule has 134 valence electrons. The molecule has 7 nitrogen and oxygen atoms in total. The molecule has 0 radical (unpaired) electrons. The monoisotopic (exact) mass is 355 g/mol. The van der Waals surface area contributed by atoms with Crippen LogP contribution in [0.15, 0.2) is 23.1 Å². The zero-order valence-corrected chi connectivity index (χ0v) is 15.4. The zero-order chi connectivity index (χ0) is 17.9. The molecule has 1 aliphatic heterocycles. The summed E-state index contributed by atoms with van der Waals surface area (Å²) < 4.78 is 32.6. The van der Waals surface area contributed by atoms with Crippen molar-refractivity contribution in [2.75, 3.05) is 40.3 Å². The largest absolute Gasteiger partial charge is 0.496 e. The summed E-state index contributed by atoms with van der Waals surface area (Å²) in [4.78, 5) is 16.4. The fraction of sp³-hybridized carbons (Fsp3) is 0.562. The summed E-state index contributed by atoms with van der Waals surface area (Å²) in [5.74, 6) is 0.424. The van der Waals surface area contributed by atoms with Crippen LogP contribution in [0, 0.1) is 6.92 Å². The maximum atomic E-state index is 12.5. The molecule has 1 fully saturated rings. The van der Waals surface area contributed by atoms with E-state index in [1.807, 2.05) is 7.05 Å². The standard InChI is InChI=1S/C16H25N3O4S/c1-12-11-14(5-6-15(12)23-4)24(21,22)17-13(2)16(20)19-9-7-18(3)8-10-19/h5-6,11,13,17H,7-10H2,1-4H3/t13-/m1/s1. The van der Waals surface area contributed by atoms with Crippen LogP contribution in [0.3, 0.4) is 0 Å². The van der Waals surface area contributed by atoms with Gasteiger partial charge >= 0.3 is 0 Å². The lowest BCUT2D eigenvalue weighted by Gasteiger charge is -2.34. The topological polar surface area (TPSA) is 78.9 Å². The number of nitrogens with one attached hydrogen (secondary N) is 1. The lowest BCUT2D eigenvalue weighted by atomic mass is 10.2. The first kappa shape index (κ1) is 18.7. The number of benzene rings is 1. The number of sulfonamides is 1. The Morgan fingerprint density at radius 3 is 2.42 bits per heavy atom. The third kappa shape index (κ3) is 4.25. The van der Waals surface area contributed by atoms with E-state index in [-0.39, 0.29) is 10.8 Å². The maximum Gasteiger partial charge on any atom is 0.241 e. The van der Waals surface area contributed by atoms with E-state index >= 15 is 0 Å². The van der Waals surface area contributed by atoms with Crippen LogP contribution in [0.1, 0.15) is 12.5 Å². The van der Waals surface area contributed by atoms with Gasteiger partial charge in [-0.15, -0.1) is 0 Å². The number of carbonyl (C=O) groups is 1. The van der Waals surface area contributed by atoms with E-state index in [1.54, 1.807) is 24.8 Å². The molecule has 0 spiro atoms. The number of aryl methyl sites for hydroxylation is 1. The second kappa shape index (κ2) is 7.50. The van der Waals surface area contributed by atoms with E-state index in [0.29, 0.717) is 18.8 Å². The van der Waals surface area contributed by atoms with Crippen molar-refractivity contribution in [2.45, 2.75) is 24.8 Å². The summed E-state index contributed by atoms with van der Waals surface area (Å²) in [6.45, 7) is 6.17. The minimum absolute atomic E-state index is 0.124. The van der Waals surface area contributed by atoms with Crippen molar-refractivity contribution in [1.29, 1.82) is 0 Å². The van der Waals surface area contributed by atoms with Crippen molar-refractivity contribution in [3.05, 3.63) is 23.8 Å². The quantitative estimate of drug-likeness (QED) is 0.829. The van der Waals surface area contributed by atoms with Gasteiger partial charge < -0.3 is 14.5 Å². The Bertz CT molecular complexity index is 697. The molecular formula is C16H25N3O4S. The third-order valence-corrected chi connectivity index (χ3v) is 5.73. The maximum absolute atomic E-state index is 12.5. The van der Waals surface area contributed by atoms with Crippen LogP contribution >= 0.6 is 0 Å². The number of hydrogen-bond donors (Lipinski definition) is 1. The highest BCUT2D eigenvalue weighted by Crippen LogP contribution is 2.21. The van der Waals surface area contributed by atoms with Crippen LogP contribution in [0.25, 0.3) is 0 Å². The molecular weight excluding hydrogens is 330 g/mol. The van der Waals surface area contributed by atoms with Gasteiger partial charge in [-0.1, -0.05) is 0 Å². The number of carbonyl (C=O) groups excluding carboxylic acids is 1. The normalized spacial score (nSPS) is 17.6. The number of nitrogens with zero attached hydrogens (tertiary/aromatic N) is 2. The van der Waals surface area contributed by atoms with Gasteiger partial charge in [0.1, 0.15) is 5.75 Å². The smallest absolute Gasteiger partial charge is 0.241 e. The van der Waals surface area contributed by atoms with Gasteiger partial charge in [-0.2, -0.15) is 4.72 Å². The number of methoxy groups -OCH3 is 1. The van der Waals surface area contributed by atoms with Crippen LogP contribution in [-0.2, 0) is 14.8 Å². The molecule has 1 aliphatic rings. The van der Waals surface area contributed by atoms with Gasteiger partial charge in [0.25, 0.3) is 0 Å². The molecule has 2 rings (SSSR count). The molecule has 1 saturated heterocycles. The summed E-state index contributed by atoms with van der Waals surface area (Å²) in [5.41, 5.74) is 0.721. The second-order valence-corrected chi connectivity index (χ2v) is 7.82. The molecule has 0 unspecified atom stereocenters. The van der Waals surface area contributed by atoms with Crippen molar-refractivity contribution in [3.63, 3.8) is 0 Å². The highest BCUT2D eigenvalue weighted by Gasteiger charge is 2.27. The fourth-order valence-electron chi connectivity index (χ4n) is 2.67. The van der Waals surface area contributed by atoms with Crippen LogP contribution in [0.2, 0.25) is 0 Å². The molecule has 1 aromatic carbocycles. The summed E-state index contributed by atoms with van der Waals surface area (Å²) in [6.07, 6.45) is 0. The SMILES string of the molecule is COc1ccc(S(=O)(=O)N[C@H](C)C(=O)N2CCN(C)CC2)cc1C. The average Bonchev–Trinajstić information content (AvgIpc) is 2.54. The average molecular weight is 355 g/mol. The van der Waals surface area contributed by atoms with Crippen molar-refractivity contribution in [1.82, 2.24) is 14.5 Å². The molecule has 1 heterocycles. The fourth-order valence-corrected chi connectivity index (χ4v) is 3.95. The number of ether oxygens (including phenoxy) is 1. The summed E-state index contributed by atoms with van der Waals surface area (Å²) in [7, 11) is -0.232. The first-order valence-electron chi connectivity index (χ1n) is 7.89. The molecule has 1 aromatic rings. The third-order valence-electron chi connectivity index (χ3n) is 4.19. The van der Waals surface area contributed by atoms with Gasteiger partial charge in [0.05, 0.1) is 18.0 Å². The van der Waals surface area contributed by atoms with E-state index < -0.39 is 16.1 Å². The Labute approximate surface area is 143 Å². The lowest BCUT2D eigenvalue weighted by Crippen LogP contribution is -2.53. The first-order chi connectivity index (χ1) is 11.2. The number of amides is 1. The Balaban J connectivity index is 2.08. The van der Waals surface area contributed by atoms with E-state index in [0.717, 1.165) is 18.7 Å². The Morgan fingerprint density at radius 1 is 1.25 bits per heavy atom. The predicted octanol–water partition coefficient (Wildman–Crippen LogP) is 0.444. The van der Waals surface area contributed by atoms with Crippen LogP contribution < -0.4 is 9.46 Å². The highest BCUT2D eigenvalue weighted by atomic mass is 32.2. The van der Waals surface area contributed by atoms with Gasteiger partial charge in [-0.25, -0.2) is 8.42 Å². The molecule has 1 atom stereocenters. The minimum atomic E-state index is -3.76. The van der Waals surface area contributed by atoms with Gasteiger partial charge in [0, 0.05) is 26.2 Å². The zero-order valence-electron chi connectivity index (χ0n) is 14.6. The first-order valence-corrected chi connectivity index (χ1v) is 9.37. The van der Waals surface area contributed by atoms with E-state index in [9.17, 15) is 13.2 Å². The van der Waals surface area contributed by atoms with Crippen LogP contribution in [0.5, 0.6) is 5.75 Å². The van der Waals surface area contributed by atoms with Crippen molar-refractivity contribution >= 4 is 15.9 Å². The lowest BCUT2D eigenvalue weighted by molar-refractivity contribution is -0.134. The van der Waals surface area contributed by atoms with Crippen molar-refractivity contribution < 1.29 is 17.9 Å². The Kier molecular flexibility index (Phi) is 5.84. The summed E-state index contributed by atoms with van der Waals surface area (Å²) >= 11 is 0. The van der Waals surface area contributed by atoms with Crippen molar-refractivity contribution in [2.24, 2.45) is 0 Å². The van der Waals surface area contributed by atoms with E-state index in [1.165, 1.54) is 19.2 Å². The van der Waals surface area contributed by atoms with Gasteiger partial charge in [0.15, 0.2) is 0 Å². The predicted molar refractivity (Wildman–Crippen MR) is 91.6 cm³/mol. The van der Waals surface area contributed by atoms with Crippen LogP contribution in [-0.4, -0.2) is 70.5 Å². The van der Waals surface area contributed by atoms with Gasteiger partial charge in [-0.3, -0.25) is 4.79 Å². The molecule has 0 aliphatic carbocycles. The summed E-state index contributed by atoms with van der Waals surface area (Å²) in [5, 5.41) is 0. The summed E-state index contributed by atoms with van der Waals surface area (Å²) in [6, 6.07) is 3.81. The molecule has 1 N–H and O–H groups in total. The molecule has 8 heteroatoms. The minimum Gasteiger partial charge on any atom is -0.496 e. The van der Waals surface area contributed by atoms with Crippen molar-refractivity contribution in [3.8, 4) is 5.75 Å². The number of rotatable bonds is 5. The second-order valence-electron chi connectivity index (χ2n) is 6.10. The van der Waals surface area contributed by atoms with E-state index in [4.69, 9.17) is 4.74 Å². The number of hydrogen-bond acceptors (Lipinski definition) is 5. The Hall–Kier alpha value is -1.64. The van der Waals surface area contributed by atoms with E-state index in [2.05, 4.69) is 9.62 Å². The number of likely N-dealkylation sites (N-methyl/N-ethyl adjacent to an activating group) is 1.